The highest BCUT2D eigenvalue weighted by Gasteiger charge is 2.19. The van der Waals surface area contributed by atoms with E-state index in [1.165, 1.54) is 0 Å². The van der Waals surface area contributed by atoms with Crippen molar-refractivity contribution < 1.29 is 4.79 Å². The molecule has 4 aromatic rings. The minimum Gasteiger partial charge on any atom is -0.306 e. The molecule has 0 saturated carbocycles. The molecule has 4 heterocycles. The molecule has 0 radical (unpaired) electrons. The Morgan fingerprint density at radius 2 is 1.91 bits per heavy atom. The molecule has 1 saturated heterocycles. The predicted octanol–water partition coefficient (Wildman–Crippen LogP) is 3.26. The van der Waals surface area contributed by atoms with Crippen LogP contribution in [0.15, 0.2) is 53.8 Å². The first-order chi connectivity index (χ1) is 16.0. The number of anilines is 1. The van der Waals surface area contributed by atoms with Gasteiger partial charge in [-0.3, -0.25) is 9.48 Å². The summed E-state index contributed by atoms with van der Waals surface area (Å²) in [6, 6.07) is 11.2. The van der Waals surface area contributed by atoms with Gasteiger partial charge in [0.05, 0.1) is 16.7 Å². The first-order valence-corrected chi connectivity index (χ1v) is 11.7. The van der Waals surface area contributed by atoms with Gasteiger partial charge >= 0.3 is 0 Å². The first kappa shape index (κ1) is 21.5. The molecule has 1 amide bonds. The van der Waals surface area contributed by atoms with Crippen molar-refractivity contribution >= 4 is 34.4 Å². The van der Waals surface area contributed by atoms with E-state index in [9.17, 15) is 4.79 Å². The number of piperidine rings is 1. The van der Waals surface area contributed by atoms with E-state index in [1.54, 1.807) is 28.7 Å². The van der Waals surface area contributed by atoms with E-state index in [4.69, 9.17) is 0 Å². The molecule has 0 atom stereocenters. The number of aromatic nitrogens is 6. The number of thioether (sulfide) groups is 1. The monoisotopic (exact) mass is 460 g/mol. The van der Waals surface area contributed by atoms with E-state index in [0.29, 0.717) is 16.6 Å². The molecule has 0 spiro atoms. The highest BCUT2D eigenvalue weighted by molar-refractivity contribution is 7.99. The number of likely N-dealkylation sites (tertiary alicyclic amines) is 1. The summed E-state index contributed by atoms with van der Waals surface area (Å²) < 4.78 is 1.66. The van der Waals surface area contributed by atoms with Crippen molar-refractivity contribution in [2.75, 3.05) is 25.5 Å². The third-order valence-electron chi connectivity index (χ3n) is 5.68. The number of nitrogens with one attached hydrogen (secondary N) is 1. The third-order valence-corrected chi connectivity index (χ3v) is 6.94. The summed E-state index contributed by atoms with van der Waals surface area (Å²) in [5.41, 5.74) is 2.98. The number of benzene rings is 1. The van der Waals surface area contributed by atoms with Crippen LogP contribution >= 0.6 is 11.8 Å². The smallest absolute Gasteiger partial charge is 0.257 e. The Morgan fingerprint density at radius 3 is 2.70 bits per heavy atom. The van der Waals surface area contributed by atoms with Crippen LogP contribution in [0.1, 0.15) is 23.2 Å². The summed E-state index contributed by atoms with van der Waals surface area (Å²) in [5.74, 6) is 0.159. The Hall–Kier alpha value is -3.37. The average molecular weight is 461 g/mol. The van der Waals surface area contributed by atoms with E-state index in [1.807, 2.05) is 43.6 Å². The van der Waals surface area contributed by atoms with Gasteiger partial charge in [0.1, 0.15) is 5.69 Å². The SMILES string of the molecule is CN1CCC(Sc2cc(C(=O)Nc3cc4cc(-c5cn(C)nn5)ccc4nn3)ccn2)CC1. The quantitative estimate of drug-likeness (QED) is 0.484. The standard InChI is InChI=1S/C23H24N8OS/c1-30-9-6-18(7-10-30)33-22-13-16(5-8-24-22)23(32)25-21-12-17-11-15(3-4-19(17)26-28-21)20-14-31(2)29-27-20/h3-5,8,11-14,18H,6-7,9-10H2,1-2H3,(H,25,28,32). The van der Waals surface area contributed by atoms with Gasteiger partial charge in [0, 0.05) is 35.0 Å². The summed E-state index contributed by atoms with van der Waals surface area (Å²) in [6.07, 6.45) is 5.79. The molecule has 1 aromatic carbocycles. The van der Waals surface area contributed by atoms with Crippen LogP contribution in [-0.4, -0.2) is 66.4 Å². The van der Waals surface area contributed by atoms with Gasteiger partial charge in [0.2, 0.25) is 0 Å². The van der Waals surface area contributed by atoms with Crippen LogP contribution < -0.4 is 5.32 Å². The van der Waals surface area contributed by atoms with Crippen molar-refractivity contribution in [2.45, 2.75) is 23.1 Å². The maximum Gasteiger partial charge on any atom is 0.257 e. The highest BCUT2D eigenvalue weighted by atomic mass is 32.2. The van der Waals surface area contributed by atoms with Crippen LogP contribution in [0.2, 0.25) is 0 Å². The van der Waals surface area contributed by atoms with Crippen LogP contribution in [0.25, 0.3) is 22.2 Å². The predicted molar refractivity (Wildman–Crippen MR) is 128 cm³/mol. The fourth-order valence-electron chi connectivity index (χ4n) is 3.82. The molecular weight excluding hydrogens is 436 g/mol. The lowest BCUT2D eigenvalue weighted by Gasteiger charge is -2.28. The second-order valence-corrected chi connectivity index (χ2v) is 9.56. The van der Waals surface area contributed by atoms with E-state index in [-0.39, 0.29) is 5.91 Å². The van der Waals surface area contributed by atoms with Crippen molar-refractivity contribution in [3.63, 3.8) is 0 Å². The van der Waals surface area contributed by atoms with Crippen molar-refractivity contribution in [1.82, 2.24) is 35.1 Å². The van der Waals surface area contributed by atoms with Gasteiger partial charge in [-0.05, 0) is 63.3 Å². The number of nitrogens with zero attached hydrogens (tertiary/aromatic N) is 7. The molecule has 10 heteroatoms. The minimum atomic E-state index is -0.235. The minimum absolute atomic E-state index is 0.235. The van der Waals surface area contributed by atoms with Gasteiger partial charge in [-0.2, -0.15) is 0 Å². The van der Waals surface area contributed by atoms with Gasteiger partial charge in [0.15, 0.2) is 5.82 Å². The largest absolute Gasteiger partial charge is 0.306 e. The van der Waals surface area contributed by atoms with E-state index in [2.05, 4.69) is 42.8 Å². The Bertz CT molecular complexity index is 1300. The fraction of sp³-hybridized carbons (Fsp3) is 0.304. The molecule has 1 N–H and O–H groups in total. The first-order valence-electron chi connectivity index (χ1n) is 10.8. The number of aryl methyl sites for hydroxylation is 1. The molecule has 3 aromatic heterocycles. The van der Waals surface area contributed by atoms with Crippen LogP contribution in [0, 0.1) is 0 Å². The van der Waals surface area contributed by atoms with Crippen molar-refractivity contribution in [3.05, 3.63) is 54.4 Å². The maximum absolute atomic E-state index is 12.9. The van der Waals surface area contributed by atoms with Crippen molar-refractivity contribution in [3.8, 4) is 11.3 Å². The normalized spacial score (nSPS) is 15.1. The van der Waals surface area contributed by atoms with Gasteiger partial charge in [-0.25, -0.2) is 4.98 Å². The number of carbonyl (C=O) groups is 1. The zero-order chi connectivity index (χ0) is 22.8. The van der Waals surface area contributed by atoms with Gasteiger partial charge in [-0.15, -0.1) is 27.1 Å². The maximum atomic E-state index is 12.9. The molecular formula is C23H24N8OS. The van der Waals surface area contributed by atoms with E-state index in [0.717, 1.165) is 53.1 Å². The number of amides is 1. The number of fused-ring (bicyclic) bond motifs is 1. The fourth-order valence-corrected chi connectivity index (χ4v) is 4.93. The topological polar surface area (TPSA) is 102 Å². The number of carbonyl (C=O) groups excluding carboxylic acids is 1. The Morgan fingerprint density at radius 1 is 1.06 bits per heavy atom. The van der Waals surface area contributed by atoms with Crippen LogP contribution in [0.4, 0.5) is 5.82 Å². The number of hydrogen-bond donors (Lipinski definition) is 1. The molecule has 168 valence electrons. The zero-order valence-electron chi connectivity index (χ0n) is 18.5. The molecule has 1 aliphatic heterocycles. The molecule has 33 heavy (non-hydrogen) atoms. The Kier molecular flexibility index (Phi) is 6.01. The summed E-state index contributed by atoms with van der Waals surface area (Å²) in [5, 5.41) is 21.7. The lowest BCUT2D eigenvalue weighted by Crippen LogP contribution is -2.31. The molecule has 0 bridgehead atoms. The molecule has 0 aliphatic carbocycles. The molecule has 5 rings (SSSR count). The van der Waals surface area contributed by atoms with Gasteiger partial charge < -0.3 is 10.2 Å². The molecule has 9 nitrogen and oxygen atoms in total. The molecule has 0 unspecified atom stereocenters. The average Bonchev–Trinajstić information content (AvgIpc) is 3.26. The lowest BCUT2D eigenvalue weighted by molar-refractivity contribution is 0.102. The number of hydrogen-bond acceptors (Lipinski definition) is 8. The molecule has 1 fully saturated rings. The van der Waals surface area contributed by atoms with Gasteiger partial charge in [-0.1, -0.05) is 11.3 Å². The summed E-state index contributed by atoms with van der Waals surface area (Å²) in [4.78, 5) is 19.7. The summed E-state index contributed by atoms with van der Waals surface area (Å²) in [7, 11) is 3.98. The van der Waals surface area contributed by atoms with E-state index < -0.39 is 0 Å². The highest BCUT2D eigenvalue weighted by Crippen LogP contribution is 2.29. The third kappa shape index (κ3) is 5.01. The Labute approximate surface area is 195 Å². The van der Waals surface area contributed by atoms with Crippen LogP contribution in [0.3, 0.4) is 0 Å². The second-order valence-electron chi connectivity index (χ2n) is 8.24. The number of rotatable bonds is 5. The van der Waals surface area contributed by atoms with Crippen molar-refractivity contribution in [1.29, 1.82) is 0 Å². The van der Waals surface area contributed by atoms with Crippen LogP contribution in [-0.2, 0) is 7.05 Å². The Balaban J connectivity index is 1.31. The lowest BCUT2D eigenvalue weighted by atomic mass is 10.1. The summed E-state index contributed by atoms with van der Waals surface area (Å²) in [6.45, 7) is 2.19. The number of pyridine rings is 1. The van der Waals surface area contributed by atoms with E-state index >= 15 is 0 Å². The second kappa shape index (κ2) is 9.24. The van der Waals surface area contributed by atoms with Crippen LogP contribution in [0.5, 0.6) is 0 Å². The molecule has 1 aliphatic rings. The zero-order valence-corrected chi connectivity index (χ0v) is 19.3. The summed E-state index contributed by atoms with van der Waals surface area (Å²) >= 11 is 1.75. The van der Waals surface area contributed by atoms with Crippen molar-refractivity contribution in [2.24, 2.45) is 7.05 Å². The van der Waals surface area contributed by atoms with Gasteiger partial charge in [0.25, 0.3) is 5.91 Å².